The number of aromatic carboxylic acids is 1. The van der Waals surface area contributed by atoms with Crippen molar-refractivity contribution in [3.8, 4) is 17.2 Å². The monoisotopic (exact) mass is 308 g/mol. The molecule has 0 aromatic carbocycles. The summed E-state index contributed by atoms with van der Waals surface area (Å²) >= 11 is 2.65. The highest BCUT2D eigenvalue weighted by Crippen LogP contribution is 2.25. The SMILES string of the molecule is O=C(O)c1sccc1OCc1noc(-c2ccsc2)n1. The van der Waals surface area contributed by atoms with Gasteiger partial charge in [0.25, 0.3) is 5.89 Å². The number of ether oxygens (including phenoxy) is 1. The van der Waals surface area contributed by atoms with Crippen LogP contribution in [0.1, 0.15) is 15.5 Å². The van der Waals surface area contributed by atoms with Gasteiger partial charge in [0.15, 0.2) is 11.5 Å². The second-order valence-corrected chi connectivity index (χ2v) is 5.43. The highest BCUT2D eigenvalue weighted by atomic mass is 32.1. The van der Waals surface area contributed by atoms with Gasteiger partial charge in [-0.15, -0.1) is 11.3 Å². The Bertz CT molecular complexity index is 717. The van der Waals surface area contributed by atoms with E-state index in [-0.39, 0.29) is 11.5 Å². The molecule has 0 amide bonds. The van der Waals surface area contributed by atoms with Gasteiger partial charge >= 0.3 is 5.97 Å². The molecule has 0 saturated carbocycles. The van der Waals surface area contributed by atoms with Crippen LogP contribution in [0.15, 0.2) is 32.8 Å². The summed E-state index contributed by atoms with van der Waals surface area (Å²) in [5, 5.41) is 18.2. The van der Waals surface area contributed by atoms with Gasteiger partial charge in [0.2, 0.25) is 5.82 Å². The van der Waals surface area contributed by atoms with Gasteiger partial charge in [-0.2, -0.15) is 16.3 Å². The Hall–Kier alpha value is -2.19. The van der Waals surface area contributed by atoms with Crippen LogP contribution in [0.4, 0.5) is 0 Å². The van der Waals surface area contributed by atoms with Gasteiger partial charge in [-0.05, 0) is 22.9 Å². The molecule has 8 heteroatoms. The number of hydrogen-bond donors (Lipinski definition) is 1. The molecule has 0 aliphatic rings. The molecule has 3 heterocycles. The van der Waals surface area contributed by atoms with Gasteiger partial charge in [-0.25, -0.2) is 4.79 Å². The first-order chi connectivity index (χ1) is 9.74. The molecule has 6 nitrogen and oxygen atoms in total. The lowest BCUT2D eigenvalue weighted by atomic mass is 10.3. The quantitative estimate of drug-likeness (QED) is 0.779. The zero-order valence-corrected chi connectivity index (χ0v) is 11.6. The van der Waals surface area contributed by atoms with E-state index in [0.717, 1.165) is 16.9 Å². The van der Waals surface area contributed by atoms with Crippen LogP contribution in [0, 0.1) is 0 Å². The fourth-order valence-corrected chi connectivity index (χ4v) is 2.83. The molecular formula is C12H8N2O4S2. The molecule has 0 aliphatic carbocycles. The van der Waals surface area contributed by atoms with E-state index in [1.807, 2.05) is 16.8 Å². The van der Waals surface area contributed by atoms with E-state index < -0.39 is 5.97 Å². The lowest BCUT2D eigenvalue weighted by molar-refractivity contribution is 0.0697. The molecule has 3 aromatic rings. The molecule has 0 saturated heterocycles. The lowest BCUT2D eigenvalue weighted by Crippen LogP contribution is -2.01. The summed E-state index contributed by atoms with van der Waals surface area (Å²) in [7, 11) is 0. The molecule has 1 N–H and O–H groups in total. The predicted octanol–water partition coefficient (Wildman–Crippen LogP) is 3.14. The Kier molecular flexibility index (Phi) is 3.48. The van der Waals surface area contributed by atoms with Gasteiger partial charge in [-0.1, -0.05) is 5.16 Å². The third kappa shape index (κ3) is 2.56. The number of aromatic nitrogens is 2. The first kappa shape index (κ1) is 12.8. The maximum absolute atomic E-state index is 10.9. The van der Waals surface area contributed by atoms with Crippen molar-refractivity contribution in [3.63, 3.8) is 0 Å². The summed E-state index contributed by atoms with van der Waals surface area (Å²) in [6.45, 7) is 0.0602. The Morgan fingerprint density at radius 3 is 3.05 bits per heavy atom. The minimum absolute atomic E-state index is 0.0602. The fraction of sp³-hybridized carbons (Fsp3) is 0.0833. The summed E-state index contributed by atoms with van der Waals surface area (Å²) in [6.07, 6.45) is 0. The minimum Gasteiger partial charge on any atom is -0.484 e. The standard InChI is InChI=1S/C12H8N2O4S2/c15-12(16)10-8(2-4-20-10)17-5-9-13-11(18-14-9)7-1-3-19-6-7/h1-4,6H,5H2,(H,15,16). The number of carbonyl (C=O) groups is 1. The molecule has 20 heavy (non-hydrogen) atoms. The highest BCUT2D eigenvalue weighted by Gasteiger charge is 2.15. The van der Waals surface area contributed by atoms with E-state index in [2.05, 4.69) is 10.1 Å². The van der Waals surface area contributed by atoms with Crippen molar-refractivity contribution >= 4 is 28.6 Å². The fourth-order valence-electron chi connectivity index (χ4n) is 1.53. The van der Waals surface area contributed by atoms with Crippen molar-refractivity contribution in [3.05, 3.63) is 39.0 Å². The number of hydrogen-bond acceptors (Lipinski definition) is 7. The molecule has 102 valence electrons. The van der Waals surface area contributed by atoms with E-state index in [0.29, 0.717) is 17.5 Å². The predicted molar refractivity (Wildman–Crippen MR) is 73.2 cm³/mol. The average Bonchev–Trinajstić information content (AvgIpc) is 3.16. The van der Waals surface area contributed by atoms with Gasteiger partial charge in [0.05, 0.1) is 5.56 Å². The van der Waals surface area contributed by atoms with E-state index in [4.69, 9.17) is 14.4 Å². The molecule has 0 spiro atoms. The topological polar surface area (TPSA) is 85.5 Å². The van der Waals surface area contributed by atoms with Gasteiger partial charge in [0.1, 0.15) is 5.75 Å². The van der Waals surface area contributed by atoms with Crippen LogP contribution in [0.5, 0.6) is 5.75 Å². The zero-order chi connectivity index (χ0) is 13.9. The van der Waals surface area contributed by atoms with E-state index in [1.54, 1.807) is 11.4 Å². The molecule has 0 bridgehead atoms. The molecule has 3 aromatic heterocycles. The van der Waals surface area contributed by atoms with Crippen molar-refractivity contribution in [1.82, 2.24) is 10.1 Å². The Labute approximate surface area is 121 Å². The third-order valence-electron chi connectivity index (χ3n) is 2.42. The Morgan fingerprint density at radius 1 is 1.40 bits per heavy atom. The zero-order valence-electron chi connectivity index (χ0n) is 9.98. The smallest absolute Gasteiger partial charge is 0.349 e. The van der Waals surface area contributed by atoms with E-state index in [1.165, 1.54) is 11.3 Å². The summed E-state index contributed by atoms with van der Waals surface area (Å²) in [5.74, 6) is 0.0915. The number of rotatable bonds is 5. The lowest BCUT2D eigenvalue weighted by Gasteiger charge is -2.01. The van der Waals surface area contributed by atoms with Crippen LogP contribution in [0.2, 0.25) is 0 Å². The van der Waals surface area contributed by atoms with Crippen molar-refractivity contribution in [2.45, 2.75) is 6.61 Å². The summed E-state index contributed by atoms with van der Waals surface area (Å²) in [6, 6.07) is 3.48. The Balaban J connectivity index is 1.70. The first-order valence-corrected chi connectivity index (χ1v) is 7.35. The first-order valence-electron chi connectivity index (χ1n) is 5.53. The Morgan fingerprint density at radius 2 is 2.30 bits per heavy atom. The highest BCUT2D eigenvalue weighted by molar-refractivity contribution is 7.12. The minimum atomic E-state index is -1.01. The number of carboxylic acids is 1. The summed E-state index contributed by atoms with van der Waals surface area (Å²) < 4.78 is 10.5. The molecule has 3 rings (SSSR count). The van der Waals surface area contributed by atoms with E-state index in [9.17, 15) is 4.79 Å². The molecular weight excluding hydrogens is 300 g/mol. The number of carboxylic acid groups (broad SMARTS) is 1. The van der Waals surface area contributed by atoms with Crippen LogP contribution in [0.25, 0.3) is 11.5 Å². The molecule has 0 unspecified atom stereocenters. The van der Waals surface area contributed by atoms with Crippen LogP contribution >= 0.6 is 22.7 Å². The van der Waals surface area contributed by atoms with Crippen molar-refractivity contribution < 1.29 is 19.2 Å². The third-order valence-corrected chi connectivity index (χ3v) is 3.98. The largest absolute Gasteiger partial charge is 0.484 e. The van der Waals surface area contributed by atoms with Crippen molar-refractivity contribution in [2.24, 2.45) is 0 Å². The van der Waals surface area contributed by atoms with E-state index >= 15 is 0 Å². The molecule has 0 radical (unpaired) electrons. The normalized spacial score (nSPS) is 10.6. The summed E-state index contributed by atoms with van der Waals surface area (Å²) in [4.78, 5) is 15.3. The van der Waals surface area contributed by atoms with Crippen LogP contribution < -0.4 is 4.74 Å². The molecule has 0 aliphatic heterocycles. The second kappa shape index (κ2) is 5.43. The molecule has 0 fully saturated rings. The summed E-state index contributed by atoms with van der Waals surface area (Å²) in [5.41, 5.74) is 0.857. The maximum atomic E-state index is 10.9. The van der Waals surface area contributed by atoms with Crippen LogP contribution in [0.3, 0.4) is 0 Å². The second-order valence-electron chi connectivity index (χ2n) is 3.74. The van der Waals surface area contributed by atoms with Crippen molar-refractivity contribution in [2.75, 3.05) is 0 Å². The van der Waals surface area contributed by atoms with Gasteiger partial charge < -0.3 is 14.4 Å². The van der Waals surface area contributed by atoms with Gasteiger partial charge in [0, 0.05) is 5.38 Å². The number of nitrogens with zero attached hydrogens (tertiary/aromatic N) is 2. The van der Waals surface area contributed by atoms with Crippen LogP contribution in [-0.4, -0.2) is 21.2 Å². The number of thiophene rings is 2. The van der Waals surface area contributed by atoms with Crippen molar-refractivity contribution in [1.29, 1.82) is 0 Å². The maximum Gasteiger partial charge on any atom is 0.349 e. The average molecular weight is 308 g/mol. The molecule has 0 atom stereocenters. The van der Waals surface area contributed by atoms with Gasteiger partial charge in [-0.3, -0.25) is 0 Å². The van der Waals surface area contributed by atoms with Crippen LogP contribution in [-0.2, 0) is 6.61 Å².